The number of hydrogen-bond acceptors (Lipinski definition) is 6. The number of carboxylic acids is 1. The van der Waals surface area contributed by atoms with E-state index in [1.54, 1.807) is 24.4 Å². The van der Waals surface area contributed by atoms with E-state index < -0.39 is 5.97 Å². The van der Waals surface area contributed by atoms with E-state index in [1.807, 2.05) is 41.1 Å². The number of imidazole rings is 1. The summed E-state index contributed by atoms with van der Waals surface area (Å²) >= 11 is 0. The van der Waals surface area contributed by atoms with Crippen LogP contribution >= 0.6 is 0 Å². The van der Waals surface area contributed by atoms with E-state index in [0.29, 0.717) is 29.8 Å². The molecule has 0 spiro atoms. The van der Waals surface area contributed by atoms with Gasteiger partial charge in [-0.2, -0.15) is 0 Å². The average molecular weight is 425 g/mol. The second-order valence-electron chi connectivity index (χ2n) is 7.00. The number of carbonyl (C=O) groups is 1. The number of nitrogens with zero attached hydrogens (tertiary/aromatic N) is 5. The van der Waals surface area contributed by atoms with Crippen molar-refractivity contribution < 1.29 is 14.6 Å². The fraction of sp³-hybridized carbons (Fsp3) is 0.182. The van der Waals surface area contributed by atoms with Gasteiger partial charge in [0.1, 0.15) is 0 Å². The van der Waals surface area contributed by atoms with Gasteiger partial charge in [0.15, 0.2) is 11.5 Å². The van der Waals surface area contributed by atoms with E-state index in [0.717, 1.165) is 30.2 Å². The maximum atomic E-state index is 11.7. The summed E-state index contributed by atoms with van der Waals surface area (Å²) < 4.78 is 7.36. The van der Waals surface area contributed by atoms with E-state index in [9.17, 15) is 9.90 Å². The molecule has 1 fully saturated rings. The van der Waals surface area contributed by atoms with Crippen LogP contribution in [0, 0.1) is 0 Å². The molecule has 5 rings (SSSR count). The van der Waals surface area contributed by atoms with Crippen molar-refractivity contribution in [1.82, 2.24) is 19.4 Å². The SMILES string of the molecule is O=C(O)c1cc(/C=C/c2cn3ccnc(N4CCOCC4)c3n2)nc2ccccc12.[NaH]. The topological polar surface area (TPSA) is 92.8 Å². The molecule has 4 heterocycles. The molecule has 1 aliphatic rings. The summed E-state index contributed by atoms with van der Waals surface area (Å²) in [6.45, 7) is 2.92. The molecular formula is C22H20N5NaO3. The first-order valence-electron chi connectivity index (χ1n) is 9.66. The van der Waals surface area contributed by atoms with Crippen molar-refractivity contribution >= 4 is 70.0 Å². The van der Waals surface area contributed by atoms with Gasteiger partial charge in [0.2, 0.25) is 0 Å². The number of ether oxygens (including phenoxy) is 1. The molecule has 4 aromatic rings. The Morgan fingerprint density at radius 3 is 2.68 bits per heavy atom. The van der Waals surface area contributed by atoms with Crippen LogP contribution in [0.2, 0.25) is 0 Å². The summed E-state index contributed by atoms with van der Waals surface area (Å²) in [6.07, 6.45) is 9.15. The molecule has 8 nitrogen and oxygen atoms in total. The molecule has 1 aromatic carbocycles. The number of benzene rings is 1. The van der Waals surface area contributed by atoms with Crippen molar-refractivity contribution in [1.29, 1.82) is 0 Å². The second kappa shape index (κ2) is 9.15. The van der Waals surface area contributed by atoms with Crippen LogP contribution in [0.1, 0.15) is 21.7 Å². The van der Waals surface area contributed by atoms with Crippen LogP contribution in [0.15, 0.2) is 48.9 Å². The van der Waals surface area contributed by atoms with Crippen molar-refractivity contribution in [3.63, 3.8) is 0 Å². The summed E-state index contributed by atoms with van der Waals surface area (Å²) in [5.41, 5.74) is 2.95. The zero-order chi connectivity index (χ0) is 20.5. The third-order valence-electron chi connectivity index (χ3n) is 5.08. The van der Waals surface area contributed by atoms with Gasteiger partial charge >= 0.3 is 35.5 Å². The summed E-state index contributed by atoms with van der Waals surface area (Å²) in [6, 6.07) is 8.81. The standard InChI is InChI=1S/C22H19N5O3.Na.H/c28-22(29)18-13-15(24-19-4-2-1-3-17(18)19)5-6-16-14-27-8-7-23-20(21(27)25-16)26-9-11-30-12-10-26;;/h1-8,13-14H,9-12H2,(H,28,29);;/b6-5+;;. The third-order valence-corrected chi connectivity index (χ3v) is 5.08. The minimum atomic E-state index is -0.975. The third kappa shape index (κ3) is 4.33. The van der Waals surface area contributed by atoms with E-state index in [2.05, 4.69) is 14.9 Å². The fourth-order valence-electron chi connectivity index (χ4n) is 3.63. The number of para-hydroxylation sites is 1. The van der Waals surface area contributed by atoms with Gasteiger partial charge in [0.05, 0.1) is 35.7 Å². The van der Waals surface area contributed by atoms with Crippen LogP contribution in [0.25, 0.3) is 28.7 Å². The molecule has 9 heteroatoms. The van der Waals surface area contributed by atoms with E-state index in [4.69, 9.17) is 9.72 Å². The molecule has 31 heavy (non-hydrogen) atoms. The molecule has 1 aliphatic heterocycles. The summed E-state index contributed by atoms with van der Waals surface area (Å²) in [4.78, 5) is 27.6. The van der Waals surface area contributed by atoms with Crippen LogP contribution in [-0.4, -0.2) is 86.3 Å². The van der Waals surface area contributed by atoms with Crippen molar-refractivity contribution in [3.05, 3.63) is 65.9 Å². The number of pyridine rings is 1. The van der Waals surface area contributed by atoms with Gasteiger partial charge in [-0.05, 0) is 24.3 Å². The Morgan fingerprint density at radius 1 is 1.10 bits per heavy atom. The van der Waals surface area contributed by atoms with Crippen LogP contribution in [0.5, 0.6) is 0 Å². The molecule has 0 aliphatic carbocycles. The Bertz CT molecular complexity index is 1280. The number of carboxylic acid groups (broad SMARTS) is 1. The Labute approximate surface area is 200 Å². The van der Waals surface area contributed by atoms with E-state index >= 15 is 0 Å². The zero-order valence-electron chi connectivity index (χ0n) is 16.1. The number of aromatic nitrogens is 4. The van der Waals surface area contributed by atoms with Gasteiger partial charge in [0, 0.05) is 37.1 Å². The van der Waals surface area contributed by atoms with Gasteiger partial charge in [-0.15, -0.1) is 0 Å². The predicted octanol–water partition coefficient (Wildman–Crippen LogP) is 2.33. The summed E-state index contributed by atoms with van der Waals surface area (Å²) in [5, 5.41) is 10.2. The van der Waals surface area contributed by atoms with E-state index in [1.165, 1.54) is 0 Å². The van der Waals surface area contributed by atoms with Crippen molar-refractivity contribution in [3.8, 4) is 0 Å². The molecule has 0 atom stereocenters. The maximum absolute atomic E-state index is 11.7. The number of rotatable bonds is 4. The minimum absolute atomic E-state index is 0. The number of anilines is 1. The molecular weight excluding hydrogens is 405 g/mol. The monoisotopic (exact) mass is 425 g/mol. The molecule has 0 saturated carbocycles. The van der Waals surface area contributed by atoms with Crippen LogP contribution in [0.4, 0.5) is 5.82 Å². The van der Waals surface area contributed by atoms with Crippen LogP contribution in [0.3, 0.4) is 0 Å². The molecule has 0 unspecified atom stereocenters. The van der Waals surface area contributed by atoms with Gasteiger partial charge in [0.25, 0.3) is 0 Å². The van der Waals surface area contributed by atoms with Crippen LogP contribution in [-0.2, 0) is 4.74 Å². The number of morpholine rings is 1. The molecule has 152 valence electrons. The second-order valence-corrected chi connectivity index (χ2v) is 7.00. The zero-order valence-corrected chi connectivity index (χ0v) is 16.1. The predicted molar refractivity (Wildman–Crippen MR) is 121 cm³/mol. The Morgan fingerprint density at radius 2 is 1.87 bits per heavy atom. The molecule has 0 amide bonds. The molecule has 0 radical (unpaired) electrons. The van der Waals surface area contributed by atoms with Gasteiger partial charge in [-0.1, -0.05) is 18.2 Å². The Balaban J connectivity index is 0.00000231. The van der Waals surface area contributed by atoms with Crippen molar-refractivity contribution in [2.75, 3.05) is 31.2 Å². The Kier molecular flexibility index (Phi) is 6.33. The fourth-order valence-corrected chi connectivity index (χ4v) is 3.63. The number of aromatic carboxylic acids is 1. The molecule has 3 aromatic heterocycles. The molecule has 0 bridgehead atoms. The quantitative estimate of drug-likeness (QED) is 0.502. The first-order chi connectivity index (χ1) is 14.7. The first kappa shape index (κ1) is 21.5. The summed E-state index contributed by atoms with van der Waals surface area (Å²) in [5.74, 6) is -0.144. The number of hydrogen-bond donors (Lipinski definition) is 1. The van der Waals surface area contributed by atoms with Gasteiger partial charge < -0.3 is 19.1 Å². The van der Waals surface area contributed by atoms with Crippen molar-refractivity contribution in [2.45, 2.75) is 0 Å². The van der Waals surface area contributed by atoms with Crippen molar-refractivity contribution in [2.24, 2.45) is 0 Å². The average Bonchev–Trinajstić information content (AvgIpc) is 3.21. The Hall–Kier alpha value is -2.78. The summed E-state index contributed by atoms with van der Waals surface area (Å²) in [7, 11) is 0. The molecule has 1 saturated heterocycles. The van der Waals surface area contributed by atoms with E-state index in [-0.39, 0.29) is 35.1 Å². The van der Waals surface area contributed by atoms with Gasteiger partial charge in [-0.25, -0.2) is 19.7 Å². The normalized spacial score (nSPS) is 14.3. The molecule has 1 N–H and O–H groups in total. The number of fused-ring (bicyclic) bond motifs is 2. The first-order valence-corrected chi connectivity index (χ1v) is 9.66. The van der Waals surface area contributed by atoms with Gasteiger partial charge in [-0.3, -0.25) is 0 Å². The van der Waals surface area contributed by atoms with Crippen LogP contribution < -0.4 is 4.90 Å².